The molecule has 1 saturated carbocycles. The van der Waals surface area contributed by atoms with E-state index >= 15 is 0 Å². The molecule has 1 aromatic carbocycles. The van der Waals surface area contributed by atoms with E-state index in [1.165, 1.54) is 13.0 Å². The van der Waals surface area contributed by atoms with Crippen molar-refractivity contribution in [2.75, 3.05) is 0 Å². The van der Waals surface area contributed by atoms with E-state index in [0.29, 0.717) is 18.4 Å². The Bertz CT molecular complexity index is 684. The van der Waals surface area contributed by atoms with Gasteiger partial charge in [-0.25, -0.2) is 9.18 Å². The number of esters is 1. The van der Waals surface area contributed by atoms with E-state index in [9.17, 15) is 18.8 Å². The molecule has 2 N–H and O–H groups in total. The van der Waals surface area contributed by atoms with Gasteiger partial charge in [0, 0.05) is 11.6 Å². The van der Waals surface area contributed by atoms with Crippen LogP contribution < -0.4 is 10.6 Å². The monoisotopic (exact) mass is 364 g/mol. The molecular formula is C19H25FN2O4. The minimum Gasteiger partial charge on any atom is -0.452 e. The molecule has 0 radical (unpaired) electrons. The normalized spacial score (nSPS) is 16.8. The molecule has 26 heavy (non-hydrogen) atoms. The number of amides is 3. The fourth-order valence-electron chi connectivity index (χ4n) is 3.25. The average molecular weight is 364 g/mol. The smallest absolute Gasteiger partial charge is 0.321 e. The lowest BCUT2D eigenvalue weighted by Gasteiger charge is -2.29. The van der Waals surface area contributed by atoms with Crippen LogP contribution >= 0.6 is 0 Å². The van der Waals surface area contributed by atoms with Crippen LogP contribution in [0.3, 0.4) is 0 Å². The van der Waals surface area contributed by atoms with Crippen LogP contribution in [0.5, 0.6) is 0 Å². The second kappa shape index (κ2) is 8.29. The van der Waals surface area contributed by atoms with Crippen molar-refractivity contribution in [1.29, 1.82) is 0 Å². The van der Waals surface area contributed by atoms with Crippen molar-refractivity contribution in [1.82, 2.24) is 10.6 Å². The van der Waals surface area contributed by atoms with E-state index < -0.39 is 35.2 Å². The Hall–Kier alpha value is -2.44. The molecule has 0 heterocycles. The minimum absolute atomic E-state index is 0.136. The summed E-state index contributed by atoms with van der Waals surface area (Å²) in [4.78, 5) is 36.5. The van der Waals surface area contributed by atoms with Gasteiger partial charge >= 0.3 is 12.0 Å². The molecule has 0 aromatic heterocycles. The molecule has 1 aromatic rings. The molecular weight excluding hydrogens is 339 g/mol. The molecule has 0 saturated heterocycles. The van der Waals surface area contributed by atoms with Crippen molar-refractivity contribution in [2.45, 2.75) is 64.0 Å². The SMILES string of the molecule is CC(C)NC(=O)NC(=O)[C@@H](C)OC(=O)C1(c2ccccc2F)CCCC1. The first-order valence-corrected chi connectivity index (χ1v) is 8.84. The van der Waals surface area contributed by atoms with Gasteiger partial charge in [-0.2, -0.15) is 0 Å². The zero-order valence-corrected chi connectivity index (χ0v) is 15.3. The molecule has 7 heteroatoms. The molecule has 1 aliphatic carbocycles. The van der Waals surface area contributed by atoms with Gasteiger partial charge in [-0.05, 0) is 39.7 Å². The quantitative estimate of drug-likeness (QED) is 0.787. The van der Waals surface area contributed by atoms with Crippen LogP contribution in [0.25, 0.3) is 0 Å². The molecule has 3 amide bonds. The molecule has 2 rings (SSSR count). The number of ether oxygens (including phenoxy) is 1. The number of carbonyl (C=O) groups is 3. The number of hydrogen-bond donors (Lipinski definition) is 2. The number of urea groups is 1. The first-order valence-electron chi connectivity index (χ1n) is 8.84. The van der Waals surface area contributed by atoms with Gasteiger partial charge in [0.2, 0.25) is 0 Å². The standard InChI is InChI=1S/C19H25FN2O4/c1-12(2)21-18(25)22-16(23)13(3)26-17(24)19(10-6-7-11-19)14-8-4-5-9-15(14)20/h4-5,8-9,12-13H,6-7,10-11H2,1-3H3,(H2,21,22,23,25)/t13-/m1/s1. The molecule has 0 spiro atoms. The van der Waals surface area contributed by atoms with Gasteiger partial charge < -0.3 is 10.1 Å². The van der Waals surface area contributed by atoms with Crippen molar-refractivity contribution in [3.63, 3.8) is 0 Å². The molecule has 1 fully saturated rings. The summed E-state index contributed by atoms with van der Waals surface area (Å²) >= 11 is 0. The van der Waals surface area contributed by atoms with Gasteiger partial charge in [0.25, 0.3) is 5.91 Å². The van der Waals surface area contributed by atoms with Crippen LogP contribution in [-0.4, -0.2) is 30.1 Å². The number of rotatable bonds is 5. The van der Waals surface area contributed by atoms with Crippen LogP contribution in [0.1, 0.15) is 52.0 Å². The topological polar surface area (TPSA) is 84.5 Å². The molecule has 0 aliphatic heterocycles. The van der Waals surface area contributed by atoms with Crippen molar-refractivity contribution < 1.29 is 23.5 Å². The van der Waals surface area contributed by atoms with Crippen LogP contribution in [0.15, 0.2) is 24.3 Å². The number of carbonyl (C=O) groups excluding carboxylic acids is 3. The zero-order chi connectivity index (χ0) is 19.3. The lowest BCUT2D eigenvalue weighted by Crippen LogP contribution is -2.48. The first kappa shape index (κ1) is 19.9. The number of halogens is 1. The molecule has 0 bridgehead atoms. The Morgan fingerprint density at radius 1 is 1.12 bits per heavy atom. The minimum atomic E-state index is -1.16. The van der Waals surface area contributed by atoms with E-state index in [0.717, 1.165) is 12.8 Å². The summed E-state index contributed by atoms with van der Waals surface area (Å²) in [6, 6.07) is 5.35. The number of benzene rings is 1. The lowest BCUT2D eigenvalue weighted by atomic mass is 9.78. The highest BCUT2D eigenvalue weighted by molar-refractivity contribution is 5.97. The van der Waals surface area contributed by atoms with Crippen molar-refractivity contribution in [2.24, 2.45) is 0 Å². The molecule has 1 aliphatic rings. The summed E-state index contributed by atoms with van der Waals surface area (Å²) in [5.74, 6) is -1.81. The van der Waals surface area contributed by atoms with Gasteiger partial charge in [-0.1, -0.05) is 31.0 Å². The predicted octanol–water partition coefficient (Wildman–Crippen LogP) is 2.80. The van der Waals surface area contributed by atoms with Crippen LogP contribution in [0.4, 0.5) is 9.18 Å². The highest BCUT2D eigenvalue weighted by atomic mass is 19.1. The summed E-state index contributed by atoms with van der Waals surface area (Å²) in [6.07, 6.45) is 1.33. The second-order valence-corrected chi connectivity index (χ2v) is 6.93. The Labute approximate surface area is 152 Å². The number of nitrogens with one attached hydrogen (secondary N) is 2. The summed E-state index contributed by atoms with van der Waals surface area (Å²) in [7, 11) is 0. The third-order valence-electron chi connectivity index (χ3n) is 4.55. The fourth-order valence-corrected chi connectivity index (χ4v) is 3.25. The van der Waals surface area contributed by atoms with E-state index in [2.05, 4.69) is 10.6 Å². The Kier molecular flexibility index (Phi) is 6.34. The van der Waals surface area contributed by atoms with E-state index in [1.54, 1.807) is 32.0 Å². The maximum atomic E-state index is 14.3. The zero-order valence-electron chi connectivity index (χ0n) is 15.3. The maximum Gasteiger partial charge on any atom is 0.321 e. The highest BCUT2D eigenvalue weighted by Gasteiger charge is 2.46. The Morgan fingerprint density at radius 3 is 2.31 bits per heavy atom. The molecule has 142 valence electrons. The van der Waals surface area contributed by atoms with E-state index in [-0.39, 0.29) is 6.04 Å². The van der Waals surface area contributed by atoms with Crippen LogP contribution in [0, 0.1) is 5.82 Å². The van der Waals surface area contributed by atoms with E-state index in [4.69, 9.17) is 4.74 Å². The van der Waals surface area contributed by atoms with Crippen molar-refractivity contribution >= 4 is 17.9 Å². The second-order valence-electron chi connectivity index (χ2n) is 6.93. The van der Waals surface area contributed by atoms with Crippen molar-refractivity contribution in [3.05, 3.63) is 35.6 Å². The van der Waals surface area contributed by atoms with Crippen molar-refractivity contribution in [3.8, 4) is 0 Å². The Balaban J connectivity index is 2.10. The van der Waals surface area contributed by atoms with E-state index in [1.807, 2.05) is 0 Å². The molecule has 1 atom stereocenters. The summed E-state index contributed by atoms with van der Waals surface area (Å²) in [5, 5.41) is 4.65. The summed E-state index contributed by atoms with van der Waals surface area (Å²) < 4.78 is 19.6. The largest absolute Gasteiger partial charge is 0.452 e. The molecule has 0 unspecified atom stereocenters. The highest BCUT2D eigenvalue weighted by Crippen LogP contribution is 2.43. The third-order valence-corrected chi connectivity index (χ3v) is 4.55. The predicted molar refractivity (Wildman–Crippen MR) is 93.9 cm³/mol. The first-order chi connectivity index (χ1) is 12.3. The summed E-state index contributed by atoms with van der Waals surface area (Å²) in [5.41, 5.74) is -0.785. The van der Waals surface area contributed by atoms with Gasteiger partial charge in [-0.15, -0.1) is 0 Å². The van der Waals surface area contributed by atoms with Gasteiger partial charge in [0.1, 0.15) is 5.82 Å². The Morgan fingerprint density at radius 2 is 1.73 bits per heavy atom. The summed E-state index contributed by atoms with van der Waals surface area (Å²) in [6.45, 7) is 4.90. The number of imide groups is 1. The van der Waals surface area contributed by atoms with Crippen LogP contribution in [-0.2, 0) is 19.7 Å². The van der Waals surface area contributed by atoms with Gasteiger partial charge in [0.05, 0.1) is 5.41 Å². The van der Waals surface area contributed by atoms with Gasteiger partial charge in [0.15, 0.2) is 6.10 Å². The average Bonchev–Trinajstić information content (AvgIpc) is 3.05. The maximum absolute atomic E-state index is 14.3. The fraction of sp³-hybridized carbons (Fsp3) is 0.526. The third kappa shape index (κ3) is 4.39. The van der Waals surface area contributed by atoms with Gasteiger partial charge in [-0.3, -0.25) is 14.9 Å². The number of hydrogen-bond acceptors (Lipinski definition) is 4. The lowest BCUT2D eigenvalue weighted by molar-refractivity contribution is -0.160. The molecule has 6 nitrogen and oxygen atoms in total. The van der Waals surface area contributed by atoms with Crippen LogP contribution in [0.2, 0.25) is 0 Å².